The van der Waals surface area contributed by atoms with Crippen molar-refractivity contribution in [2.75, 3.05) is 44.2 Å². The van der Waals surface area contributed by atoms with Crippen LogP contribution in [0, 0.1) is 0 Å². The molecule has 0 aromatic carbocycles. The zero-order valence-electron chi connectivity index (χ0n) is 8.12. The van der Waals surface area contributed by atoms with Crippen LogP contribution >= 0.6 is 0 Å². The normalized spacial score (nSPS) is 20.4. The van der Waals surface area contributed by atoms with Gasteiger partial charge in [0, 0.05) is 38.5 Å². The number of rotatable bonds is 4. The van der Waals surface area contributed by atoms with Crippen LogP contribution in [0.5, 0.6) is 0 Å². The van der Waals surface area contributed by atoms with Crippen molar-refractivity contribution in [3.05, 3.63) is 0 Å². The van der Waals surface area contributed by atoms with Crippen LogP contribution in [0.1, 0.15) is 6.92 Å². The quantitative estimate of drug-likeness (QED) is 0.662. The van der Waals surface area contributed by atoms with E-state index in [4.69, 9.17) is 0 Å². The van der Waals surface area contributed by atoms with Gasteiger partial charge < -0.3 is 5.32 Å². The molecule has 5 heteroatoms. The summed E-state index contributed by atoms with van der Waals surface area (Å²) in [5.41, 5.74) is 0. The van der Waals surface area contributed by atoms with Crippen LogP contribution in [-0.2, 0) is 9.84 Å². The molecule has 0 atom stereocenters. The molecule has 0 bridgehead atoms. The zero-order valence-corrected chi connectivity index (χ0v) is 8.94. The minimum atomic E-state index is -2.78. The van der Waals surface area contributed by atoms with Gasteiger partial charge in [0.25, 0.3) is 0 Å². The van der Waals surface area contributed by atoms with Gasteiger partial charge in [0.05, 0.1) is 5.75 Å². The molecule has 4 nitrogen and oxygen atoms in total. The smallest absolute Gasteiger partial charge is 0.151 e. The van der Waals surface area contributed by atoms with Crippen LogP contribution in [0.3, 0.4) is 0 Å². The second kappa shape index (κ2) is 4.93. The van der Waals surface area contributed by atoms with Crippen molar-refractivity contribution in [2.24, 2.45) is 0 Å². The SMILES string of the molecule is CCS(=O)(=O)CCN1CCNCC1. The predicted molar refractivity (Wildman–Crippen MR) is 53.6 cm³/mol. The van der Waals surface area contributed by atoms with E-state index in [1.54, 1.807) is 6.92 Å². The largest absolute Gasteiger partial charge is 0.314 e. The summed E-state index contributed by atoms with van der Waals surface area (Å²) in [4.78, 5) is 2.20. The minimum absolute atomic E-state index is 0.263. The van der Waals surface area contributed by atoms with Crippen LogP contribution in [0.25, 0.3) is 0 Å². The summed E-state index contributed by atoms with van der Waals surface area (Å²) < 4.78 is 22.4. The van der Waals surface area contributed by atoms with Gasteiger partial charge in [-0.1, -0.05) is 6.92 Å². The zero-order chi connectivity index (χ0) is 9.73. The van der Waals surface area contributed by atoms with Gasteiger partial charge in [-0.3, -0.25) is 4.90 Å². The second-order valence-corrected chi connectivity index (χ2v) is 5.80. The molecule has 1 aliphatic heterocycles. The van der Waals surface area contributed by atoms with Gasteiger partial charge in [-0.2, -0.15) is 0 Å². The van der Waals surface area contributed by atoms with Gasteiger partial charge in [0.15, 0.2) is 9.84 Å². The molecule has 0 aromatic heterocycles. The van der Waals surface area contributed by atoms with E-state index in [1.165, 1.54) is 0 Å². The molecule has 1 fully saturated rings. The first-order valence-corrected chi connectivity index (χ1v) is 6.59. The van der Waals surface area contributed by atoms with Gasteiger partial charge >= 0.3 is 0 Å². The average molecular weight is 206 g/mol. The van der Waals surface area contributed by atoms with Crippen LogP contribution in [0.15, 0.2) is 0 Å². The van der Waals surface area contributed by atoms with E-state index >= 15 is 0 Å². The first-order chi connectivity index (χ1) is 6.14. The van der Waals surface area contributed by atoms with Gasteiger partial charge in [-0.25, -0.2) is 8.42 Å². The highest BCUT2D eigenvalue weighted by molar-refractivity contribution is 7.91. The molecule has 0 aliphatic carbocycles. The summed E-state index contributed by atoms with van der Waals surface area (Å²) in [6, 6.07) is 0. The van der Waals surface area contributed by atoms with Crippen molar-refractivity contribution in [3.8, 4) is 0 Å². The first-order valence-electron chi connectivity index (χ1n) is 4.77. The van der Waals surface area contributed by atoms with Crippen molar-refractivity contribution < 1.29 is 8.42 Å². The molecule has 0 saturated carbocycles. The molecular formula is C8H18N2O2S. The van der Waals surface area contributed by atoms with Crippen molar-refractivity contribution >= 4 is 9.84 Å². The average Bonchev–Trinajstić information content (AvgIpc) is 2.17. The van der Waals surface area contributed by atoms with Gasteiger partial charge in [0.2, 0.25) is 0 Å². The molecule has 1 N–H and O–H groups in total. The Kier molecular flexibility index (Phi) is 4.15. The Morgan fingerprint density at radius 1 is 1.31 bits per heavy atom. The van der Waals surface area contributed by atoms with Crippen molar-refractivity contribution in [1.29, 1.82) is 0 Å². The Labute approximate surface area is 80.2 Å². The fraction of sp³-hybridized carbons (Fsp3) is 1.00. The fourth-order valence-electron chi connectivity index (χ4n) is 1.35. The number of hydrogen-bond donors (Lipinski definition) is 1. The highest BCUT2D eigenvalue weighted by Gasteiger charge is 2.13. The number of sulfone groups is 1. The molecule has 0 unspecified atom stereocenters. The number of piperazine rings is 1. The second-order valence-electron chi connectivity index (χ2n) is 3.33. The Morgan fingerprint density at radius 2 is 1.92 bits per heavy atom. The third-order valence-electron chi connectivity index (χ3n) is 2.37. The molecule has 0 spiro atoms. The molecule has 0 aromatic rings. The first kappa shape index (κ1) is 10.9. The number of nitrogens with zero attached hydrogens (tertiary/aromatic N) is 1. The number of hydrogen-bond acceptors (Lipinski definition) is 4. The highest BCUT2D eigenvalue weighted by Crippen LogP contribution is 1.95. The monoisotopic (exact) mass is 206 g/mol. The van der Waals surface area contributed by atoms with E-state index in [-0.39, 0.29) is 5.75 Å². The van der Waals surface area contributed by atoms with E-state index in [9.17, 15) is 8.42 Å². The molecule has 1 heterocycles. The summed E-state index contributed by atoms with van der Waals surface area (Å²) in [7, 11) is -2.78. The summed E-state index contributed by atoms with van der Waals surface area (Å²) in [6.07, 6.45) is 0. The van der Waals surface area contributed by atoms with Crippen LogP contribution in [0.2, 0.25) is 0 Å². The summed E-state index contributed by atoms with van der Waals surface area (Å²) in [5, 5.41) is 3.23. The molecule has 13 heavy (non-hydrogen) atoms. The maximum absolute atomic E-state index is 11.2. The molecule has 78 valence electrons. The maximum Gasteiger partial charge on any atom is 0.151 e. The van der Waals surface area contributed by atoms with E-state index in [0.717, 1.165) is 26.2 Å². The Hall–Kier alpha value is -0.130. The van der Waals surface area contributed by atoms with E-state index in [2.05, 4.69) is 10.2 Å². The van der Waals surface area contributed by atoms with Crippen molar-refractivity contribution in [1.82, 2.24) is 10.2 Å². The molecular weight excluding hydrogens is 188 g/mol. The van der Waals surface area contributed by atoms with E-state index in [1.807, 2.05) is 0 Å². The third kappa shape index (κ3) is 4.06. The highest BCUT2D eigenvalue weighted by atomic mass is 32.2. The molecule has 0 radical (unpaired) electrons. The van der Waals surface area contributed by atoms with E-state index < -0.39 is 9.84 Å². The van der Waals surface area contributed by atoms with Crippen LogP contribution < -0.4 is 5.32 Å². The van der Waals surface area contributed by atoms with Crippen molar-refractivity contribution in [2.45, 2.75) is 6.92 Å². The lowest BCUT2D eigenvalue weighted by Crippen LogP contribution is -2.45. The lowest BCUT2D eigenvalue weighted by atomic mass is 10.4. The number of nitrogens with one attached hydrogen (secondary N) is 1. The van der Waals surface area contributed by atoms with Crippen LogP contribution in [-0.4, -0.2) is 57.5 Å². The van der Waals surface area contributed by atoms with Gasteiger partial charge in [-0.05, 0) is 0 Å². The Morgan fingerprint density at radius 3 is 2.46 bits per heavy atom. The Bertz CT molecular complexity index is 233. The predicted octanol–water partition coefficient (Wildman–Crippen LogP) is -0.674. The lowest BCUT2D eigenvalue weighted by molar-refractivity contribution is 0.254. The molecule has 1 rings (SSSR count). The molecule has 0 amide bonds. The Balaban J connectivity index is 2.25. The topological polar surface area (TPSA) is 49.4 Å². The van der Waals surface area contributed by atoms with Gasteiger partial charge in [-0.15, -0.1) is 0 Å². The standard InChI is InChI=1S/C8H18N2O2S/c1-2-13(11,12)8-7-10-5-3-9-4-6-10/h9H,2-8H2,1H3. The summed E-state index contributed by atoms with van der Waals surface area (Å²) in [6.45, 7) is 6.29. The third-order valence-corrected chi connectivity index (χ3v) is 4.05. The summed E-state index contributed by atoms with van der Waals surface area (Å²) >= 11 is 0. The summed E-state index contributed by atoms with van der Waals surface area (Å²) in [5.74, 6) is 0.572. The minimum Gasteiger partial charge on any atom is -0.314 e. The van der Waals surface area contributed by atoms with E-state index in [0.29, 0.717) is 12.3 Å². The fourth-order valence-corrected chi connectivity index (χ4v) is 2.17. The lowest BCUT2D eigenvalue weighted by Gasteiger charge is -2.26. The van der Waals surface area contributed by atoms with Gasteiger partial charge in [0.1, 0.15) is 0 Å². The molecule has 1 saturated heterocycles. The van der Waals surface area contributed by atoms with Crippen LogP contribution in [0.4, 0.5) is 0 Å². The van der Waals surface area contributed by atoms with Crippen molar-refractivity contribution in [3.63, 3.8) is 0 Å². The maximum atomic E-state index is 11.2. The molecule has 1 aliphatic rings.